The van der Waals surface area contributed by atoms with E-state index in [9.17, 15) is 14.7 Å². The van der Waals surface area contributed by atoms with E-state index in [1.807, 2.05) is 54.6 Å². The monoisotopic (exact) mass is 869 g/mol. The molecule has 2 saturated heterocycles. The van der Waals surface area contributed by atoms with Crippen molar-refractivity contribution in [2.24, 2.45) is 23.7 Å². The fraction of sp³-hybridized carbons (Fsp3) is 0.224. The second kappa shape index (κ2) is 16.0. The molecule has 11 nitrogen and oxygen atoms in total. The summed E-state index contributed by atoms with van der Waals surface area (Å²) in [5.74, 6) is -3.81. The number of phenolic OH excluding ortho intramolecular Hbond substituents is 1. The Morgan fingerprint density at radius 2 is 1.50 bits per heavy atom. The van der Waals surface area contributed by atoms with E-state index in [4.69, 9.17) is 37.4 Å². The number of methoxy groups -OCH3 is 3. The first-order valence-corrected chi connectivity index (χ1v) is 20.9. The molecule has 5 aromatic carbocycles. The van der Waals surface area contributed by atoms with Gasteiger partial charge in [0.2, 0.25) is 11.8 Å². The third-order valence-corrected chi connectivity index (χ3v) is 13.4. The van der Waals surface area contributed by atoms with Crippen molar-refractivity contribution in [1.82, 2.24) is 5.01 Å². The quantitative estimate of drug-likeness (QED) is 0.0801. The molecule has 2 N–H and O–H groups in total. The SMILES string of the molecule is COc1ccc(C23C(=O)N(Nc4ccc(Cl)cc4Cl)C(=O)C2CC2C(=CCC4C(=O)N(c5ccc(C=Cc6cc(OC)ccc6OC)cc5)C(=O)C42)C3c2cccc(O)c2)cc1. The maximum absolute atomic E-state index is 15.5. The van der Waals surface area contributed by atoms with Gasteiger partial charge in [-0.25, -0.2) is 0 Å². The molecule has 9 rings (SSSR count). The van der Waals surface area contributed by atoms with E-state index in [1.165, 1.54) is 11.0 Å². The van der Waals surface area contributed by atoms with Crippen molar-refractivity contribution in [3.8, 4) is 23.0 Å². The van der Waals surface area contributed by atoms with Crippen molar-refractivity contribution in [2.45, 2.75) is 24.2 Å². The van der Waals surface area contributed by atoms with Crippen LogP contribution in [0.5, 0.6) is 23.0 Å². The highest BCUT2D eigenvalue weighted by Crippen LogP contribution is 2.64. The van der Waals surface area contributed by atoms with Gasteiger partial charge in [-0.1, -0.05) is 83.4 Å². The maximum Gasteiger partial charge on any atom is 0.260 e. The predicted molar refractivity (Wildman–Crippen MR) is 236 cm³/mol. The highest BCUT2D eigenvalue weighted by molar-refractivity contribution is 6.36. The van der Waals surface area contributed by atoms with Crippen molar-refractivity contribution in [1.29, 1.82) is 0 Å². The van der Waals surface area contributed by atoms with Gasteiger partial charge in [0, 0.05) is 16.5 Å². The zero-order valence-corrected chi connectivity index (χ0v) is 35.4. The van der Waals surface area contributed by atoms with Gasteiger partial charge in [-0.2, -0.15) is 5.01 Å². The molecule has 0 bridgehead atoms. The number of rotatable bonds is 10. The van der Waals surface area contributed by atoms with Gasteiger partial charge in [-0.3, -0.25) is 29.5 Å². The van der Waals surface area contributed by atoms with Gasteiger partial charge in [0.25, 0.3) is 11.8 Å². The number of amides is 4. The Labute approximate surface area is 368 Å². The van der Waals surface area contributed by atoms with Crippen LogP contribution in [-0.2, 0) is 24.6 Å². The molecule has 5 aromatic rings. The standard InChI is InChI=1S/C49H41Cl2N3O8/c1-60-34-16-11-30(12-17-34)49-39(46(57)54(48(49)59)52-41-21-13-31(50)25-40(41)51)26-38-36(44(49)29-5-4-6-33(55)23-29)19-20-37-43(38)47(58)53(45(37)56)32-14-8-27(9-15-32)7-10-28-24-35(61-2)18-22-42(28)62-3/h4-19,21-25,37-39,43-44,52,55H,20,26H2,1-3H3. The Bertz CT molecular complexity index is 2700. The molecular weight excluding hydrogens is 829 g/mol. The number of anilines is 2. The second-order valence-electron chi connectivity index (χ2n) is 15.9. The number of allylic oxidation sites excluding steroid dienone is 2. The van der Waals surface area contributed by atoms with Crippen LogP contribution >= 0.6 is 23.2 Å². The van der Waals surface area contributed by atoms with Gasteiger partial charge in [0.15, 0.2) is 0 Å². The van der Waals surface area contributed by atoms with Gasteiger partial charge in [-0.15, -0.1) is 0 Å². The van der Waals surface area contributed by atoms with E-state index in [0.717, 1.165) is 21.7 Å². The zero-order chi connectivity index (χ0) is 43.4. The van der Waals surface area contributed by atoms with E-state index in [1.54, 1.807) is 88.1 Å². The number of hydrogen-bond donors (Lipinski definition) is 2. The number of halogens is 2. The van der Waals surface area contributed by atoms with E-state index >= 15 is 9.59 Å². The van der Waals surface area contributed by atoms with Gasteiger partial charge in [-0.05, 0) is 108 Å². The molecular formula is C49H41Cl2N3O8. The molecule has 6 unspecified atom stereocenters. The normalized spacial score (nSPS) is 24.1. The van der Waals surface area contributed by atoms with Crippen molar-refractivity contribution in [3.63, 3.8) is 0 Å². The van der Waals surface area contributed by atoms with Crippen LogP contribution in [0.25, 0.3) is 12.2 Å². The third kappa shape index (κ3) is 6.58. The van der Waals surface area contributed by atoms with Crippen LogP contribution in [0, 0.1) is 23.7 Å². The summed E-state index contributed by atoms with van der Waals surface area (Å²) in [5.41, 5.74) is 5.71. The number of carbonyl (C=O) groups excluding carboxylic acids is 4. The van der Waals surface area contributed by atoms with Crippen LogP contribution < -0.4 is 24.5 Å². The van der Waals surface area contributed by atoms with E-state index in [-0.39, 0.29) is 35.4 Å². The first-order valence-electron chi connectivity index (χ1n) is 20.1. The van der Waals surface area contributed by atoms with Crippen LogP contribution in [0.15, 0.2) is 121 Å². The van der Waals surface area contributed by atoms with Gasteiger partial charge < -0.3 is 19.3 Å². The summed E-state index contributed by atoms with van der Waals surface area (Å²) in [4.78, 5) is 61.0. The highest BCUT2D eigenvalue weighted by atomic mass is 35.5. The number of nitrogens with zero attached hydrogens (tertiary/aromatic N) is 2. The van der Waals surface area contributed by atoms with Gasteiger partial charge in [0.1, 0.15) is 23.0 Å². The van der Waals surface area contributed by atoms with Crippen LogP contribution in [0.4, 0.5) is 11.4 Å². The lowest BCUT2D eigenvalue weighted by atomic mass is 9.49. The van der Waals surface area contributed by atoms with Crippen LogP contribution in [0.2, 0.25) is 10.0 Å². The third-order valence-electron chi connectivity index (χ3n) is 12.8. The molecule has 2 aliphatic heterocycles. The number of benzene rings is 5. The van der Waals surface area contributed by atoms with Crippen molar-refractivity contribution < 1.29 is 38.5 Å². The minimum Gasteiger partial charge on any atom is -0.508 e. The number of nitrogens with one attached hydrogen (secondary N) is 1. The molecule has 2 aliphatic carbocycles. The Balaban J connectivity index is 1.11. The van der Waals surface area contributed by atoms with Crippen LogP contribution in [-0.4, -0.2) is 55.1 Å². The number of hydrogen-bond acceptors (Lipinski definition) is 9. The molecule has 314 valence electrons. The number of hydrazine groups is 1. The molecule has 4 amide bonds. The lowest BCUT2D eigenvalue weighted by molar-refractivity contribution is -0.138. The summed E-state index contributed by atoms with van der Waals surface area (Å²) >= 11 is 12.8. The maximum atomic E-state index is 15.5. The van der Waals surface area contributed by atoms with E-state index in [0.29, 0.717) is 44.8 Å². The van der Waals surface area contributed by atoms with Crippen LogP contribution in [0.1, 0.15) is 41.0 Å². The molecule has 0 spiro atoms. The average Bonchev–Trinajstić information content (AvgIpc) is 3.66. The summed E-state index contributed by atoms with van der Waals surface area (Å²) in [6, 6.07) is 31.1. The first kappa shape index (κ1) is 40.8. The summed E-state index contributed by atoms with van der Waals surface area (Å²) in [6.45, 7) is 0. The fourth-order valence-corrected chi connectivity index (χ4v) is 10.5. The summed E-state index contributed by atoms with van der Waals surface area (Å²) in [5, 5.41) is 12.5. The van der Waals surface area contributed by atoms with E-state index < -0.39 is 46.8 Å². The molecule has 0 aromatic heterocycles. The Hall–Kier alpha value is -6.56. The average molecular weight is 871 g/mol. The largest absolute Gasteiger partial charge is 0.508 e. The number of carbonyl (C=O) groups is 4. The van der Waals surface area contributed by atoms with Gasteiger partial charge >= 0.3 is 0 Å². The number of imide groups is 2. The first-order chi connectivity index (χ1) is 30.0. The van der Waals surface area contributed by atoms with Crippen LogP contribution in [0.3, 0.4) is 0 Å². The minimum atomic E-state index is -1.55. The zero-order valence-electron chi connectivity index (χ0n) is 33.9. The Morgan fingerprint density at radius 3 is 2.19 bits per heavy atom. The smallest absolute Gasteiger partial charge is 0.260 e. The predicted octanol–water partition coefficient (Wildman–Crippen LogP) is 9.08. The Morgan fingerprint density at radius 1 is 0.758 bits per heavy atom. The number of aromatic hydroxyl groups is 1. The lowest BCUT2D eigenvalue weighted by Crippen LogP contribution is -2.53. The highest BCUT2D eigenvalue weighted by Gasteiger charge is 2.70. The molecule has 0 radical (unpaired) electrons. The van der Waals surface area contributed by atoms with Gasteiger partial charge in [0.05, 0.1) is 60.9 Å². The molecule has 3 fully saturated rings. The molecule has 13 heteroatoms. The molecule has 62 heavy (non-hydrogen) atoms. The van der Waals surface area contributed by atoms with Crippen molar-refractivity contribution in [3.05, 3.63) is 153 Å². The molecule has 1 saturated carbocycles. The number of phenols is 1. The second-order valence-corrected chi connectivity index (χ2v) is 16.7. The van der Waals surface area contributed by atoms with Crippen molar-refractivity contribution >= 4 is 70.4 Å². The fourth-order valence-electron chi connectivity index (χ4n) is 10.1. The molecule has 4 aliphatic rings. The summed E-state index contributed by atoms with van der Waals surface area (Å²) < 4.78 is 16.4. The Kier molecular flexibility index (Phi) is 10.6. The topological polar surface area (TPSA) is 135 Å². The minimum absolute atomic E-state index is 0.0285. The van der Waals surface area contributed by atoms with E-state index in [2.05, 4.69) is 5.43 Å². The number of fused-ring (bicyclic) bond motifs is 4. The summed E-state index contributed by atoms with van der Waals surface area (Å²) in [6.07, 6.45) is 6.11. The summed E-state index contributed by atoms with van der Waals surface area (Å²) in [7, 11) is 4.74. The number of ether oxygens (including phenoxy) is 3. The van der Waals surface area contributed by atoms with Crippen molar-refractivity contribution in [2.75, 3.05) is 31.7 Å². The lowest BCUT2D eigenvalue weighted by Gasteiger charge is -2.50. The molecule has 2 heterocycles. The molecule has 6 atom stereocenters.